The fourth-order valence-corrected chi connectivity index (χ4v) is 2.69. The van der Waals surface area contributed by atoms with Crippen molar-refractivity contribution in [2.75, 3.05) is 13.7 Å². The molecule has 0 aliphatic heterocycles. The van der Waals surface area contributed by atoms with Crippen molar-refractivity contribution < 1.29 is 9.47 Å². The molecule has 0 amide bonds. The molecule has 1 heterocycles. The molecule has 1 aliphatic rings. The van der Waals surface area contributed by atoms with E-state index in [-0.39, 0.29) is 12.1 Å². The Morgan fingerprint density at radius 1 is 1.50 bits per heavy atom. The van der Waals surface area contributed by atoms with E-state index < -0.39 is 0 Å². The maximum absolute atomic E-state index is 5.94. The van der Waals surface area contributed by atoms with Crippen LogP contribution in [0.25, 0.3) is 0 Å². The van der Waals surface area contributed by atoms with Crippen LogP contribution in [0.3, 0.4) is 0 Å². The van der Waals surface area contributed by atoms with Gasteiger partial charge in [0.2, 0.25) is 0 Å². The van der Waals surface area contributed by atoms with Crippen molar-refractivity contribution >= 4 is 0 Å². The highest BCUT2D eigenvalue weighted by atomic mass is 16.5. The molecule has 2 atom stereocenters. The lowest BCUT2D eigenvalue weighted by Crippen LogP contribution is -2.40. The largest absolute Gasteiger partial charge is 0.493 e. The maximum Gasteiger partial charge on any atom is 0.161 e. The van der Waals surface area contributed by atoms with Gasteiger partial charge in [-0.2, -0.15) is 5.10 Å². The molecule has 1 fully saturated rings. The molecular formula is C14H26N4O2. The van der Waals surface area contributed by atoms with Gasteiger partial charge in [-0.15, -0.1) is 0 Å². The molecule has 1 aromatic rings. The molecular weight excluding hydrogens is 256 g/mol. The second-order valence-corrected chi connectivity index (χ2v) is 5.22. The van der Waals surface area contributed by atoms with Gasteiger partial charge in [0.1, 0.15) is 5.69 Å². The zero-order chi connectivity index (χ0) is 14.5. The van der Waals surface area contributed by atoms with Crippen LogP contribution < -0.4 is 16.0 Å². The fourth-order valence-electron chi connectivity index (χ4n) is 2.69. The smallest absolute Gasteiger partial charge is 0.161 e. The van der Waals surface area contributed by atoms with Crippen LogP contribution in [0.2, 0.25) is 0 Å². The number of aromatic nitrogens is 2. The minimum absolute atomic E-state index is 0.0752. The number of ether oxygens (including phenoxy) is 2. The van der Waals surface area contributed by atoms with Crippen molar-refractivity contribution in [3.63, 3.8) is 0 Å². The van der Waals surface area contributed by atoms with E-state index in [0.717, 1.165) is 24.4 Å². The third kappa shape index (κ3) is 3.13. The van der Waals surface area contributed by atoms with Gasteiger partial charge < -0.3 is 9.47 Å². The van der Waals surface area contributed by atoms with Gasteiger partial charge in [0.15, 0.2) is 5.75 Å². The standard InChI is InChI=1S/C14H26N4O2/c1-4-8-18-13(11(19-3)9-16-18)12(17-15)14(20-5-2)10-6-7-10/h9-10,12,14,17H,4-8,15H2,1-3H3. The molecule has 2 rings (SSSR count). The number of hydrogen-bond acceptors (Lipinski definition) is 5. The molecule has 6 heteroatoms. The van der Waals surface area contributed by atoms with Crippen molar-refractivity contribution in [1.29, 1.82) is 0 Å². The van der Waals surface area contributed by atoms with Crippen molar-refractivity contribution in [1.82, 2.24) is 15.2 Å². The molecule has 0 saturated heterocycles. The van der Waals surface area contributed by atoms with Crippen molar-refractivity contribution in [2.45, 2.75) is 51.8 Å². The minimum Gasteiger partial charge on any atom is -0.493 e. The summed E-state index contributed by atoms with van der Waals surface area (Å²) in [4.78, 5) is 0. The Kier molecular flexibility index (Phi) is 5.39. The van der Waals surface area contributed by atoms with Gasteiger partial charge >= 0.3 is 0 Å². The number of hydrogen-bond donors (Lipinski definition) is 2. The van der Waals surface area contributed by atoms with Gasteiger partial charge in [-0.3, -0.25) is 10.5 Å². The number of methoxy groups -OCH3 is 1. The third-order valence-electron chi connectivity index (χ3n) is 3.75. The van der Waals surface area contributed by atoms with Gasteiger partial charge in [-0.05, 0) is 32.1 Å². The summed E-state index contributed by atoms with van der Waals surface area (Å²) in [7, 11) is 1.66. The van der Waals surface area contributed by atoms with Gasteiger partial charge in [-0.25, -0.2) is 5.43 Å². The van der Waals surface area contributed by atoms with Crippen molar-refractivity contribution in [3.8, 4) is 5.75 Å². The van der Waals surface area contributed by atoms with E-state index in [0.29, 0.717) is 12.5 Å². The van der Waals surface area contributed by atoms with Crippen LogP contribution in [0.5, 0.6) is 5.75 Å². The highest BCUT2D eigenvalue weighted by molar-refractivity contribution is 5.29. The Morgan fingerprint density at radius 3 is 2.75 bits per heavy atom. The molecule has 0 bridgehead atoms. The fraction of sp³-hybridized carbons (Fsp3) is 0.786. The first-order valence-corrected chi connectivity index (χ1v) is 7.44. The number of nitrogens with one attached hydrogen (secondary N) is 1. The second kappa shape index (κ2) is 7.06. The summed E-state index contributed by atoms with van der Waals surface area (Å²) in [6.45, 7) is 5.68. The Morgan fingerprint density at radius 2 is 2.25 bits per heavy atom. The van der Waals surface area contributed by atoms with E-state index in [1.165, 1.54) is 12.8 Å². The SMILES string of the molecule is CCCn1ncc(OC)c1C(NN)C(OCC)C1CC1. The summed E-state index contributed by atoms with van der Waals surface area (Å²) in [6.07, 6.45) is 5.25. The van der Waals surface area contributed by atoms with Crippen LogP contribution >= 0.6 is 0 Å². The summed E-state index contributed by atoms with van der Waals surface area (Å²) in [5.41, 5.74) is 3.91. The molecule has 0 radical (unpaired) electrons. The number of aryl methyl sites for hydroxylation is 1. The summed E-state index contributed by atoms with van der Waals surface area (Å²) in [5, 5.41) is 4.41. The molecule has 20 heavy (non-hydrogen) atoms. The highest BCUT2D eigenvalue weighted by Crippen LogP contribution is 2.41. The molecule has 2 unspecified atom stereocenters. The lowest BCUT2D eigenvalue weighted by molar-refractivity contribution is 0.0157. The average Bonchev–Trinajstić information content (AvgIpc) is 3.22. The first kappa shape index (κ1) is 15.3. The summed E-state index contributed by atoms with van der Waals surface area (Å²) in [5.74, 6) is 7.17. The van der Waals surface area contributed by atoms with Crippen molar-refractivity contribution in [2.24, 2.45) is 11.8 Å². The van der Waals surface area contributed by atoms with Gasteiger partial charge in [0.05, 0.1) is 25.5 Å². The van der Waals surface area contributed by atoms with E-state index in [2.05, 4.69) is 17.4 Å². The van der Waals surface area contributed by atoms with Gasteiger partial charge in [-0.1, -0.05) is 6.92 Å². The Labute approximate surface area is 120 Å². The first-order chi connectivity index (χ1) is 9.76. The van der Waals surface area contributed by atoms with Crippen LogP contribution in [0.1, 0.15) is 44.8 Å². The summed E-state index contributed by atoms with van der Waals surface area (Å²) < 4.78 is 13.4. The lowest BCUT2D eigenvalue weighted by atomic mass is 10.0. The predicted molar refractivity (Wildman–Crippen MR) is 77.3 cm³/mol. The Bertz CT molecular complexity index is 417. The number of nitrogens with two attached hydrogens (primary N) is 1. The van der Waals surface area contributed by atoms with Crippen LogP contribution in [0.15, 0.2) is 6.20 Å². The first-order valence-electron chi connectivity index (χ1n) is 7.44. The second-order valence-electron chi connectivity index (χ2n) is 5.22. The zero-order valence-electron chi connectivity index (χ0n) is 12.6. The molecule has 6 nitrogen and oxygen atoms in total. The van der Waals surface area contributed by atoms with Crippen LogP contribution in [-0.2, 0) is 11.3 Å². The zero-order valence-corrected chi connectivity index (χ0v) is 12.6. The normalized spacial score (nSPS) is 18.0. The quantitative estimate of drug-likeness (QED) is 0.532. The van der Waals surface area contributed by atoms with Crippen LogP contribution in [-0.4, -0.2) is 29.6 Å². The predicted octanol–water partition coefficient (Wildman–Crippen LogP) is 1.62. The molecule has 114 valence electrons. The molecule has 0 spiro atoms. The number of nitrogens with zero attached hydrogens (tertiary/aromatic N) is 2. The third-order valence-corrected chi connectivity index (χ3v) is 3.75. The van der Waals surface area contributed by atoms with E-state index in [9.17, 15) is 0 Å². The maximum atomic E-state index is 5.94. The van der Waals surface area contributed by atoms with E-state index in [1.807, 2.05) is 11.6 Å². The average molecular weight is 282 g/mol. The number of hydrazine groups is 1. The molecule has 1 aromatic heterocycles. The van der Waals surface area contributed by atoms with E-state index >= 15 is 0 Å². The highest BCUT2D eigenvalue weighted by Gasteiger charge is 2.40. The molecule has 0 aromatic carbocycles. The molecule has 3 N–H and O–H groups in total. The molecule has 1 aliphatic carbocycles. The van der Waals surface area contributed by atoms with Crippen LogP contribution in [0.4, 0.5) is 0 Å². The monoisotopic (exact) mass is 282 g/mol. The number of rotatable bonds is 9. The lowest BCUT2D eigenvalue weighted by Gasteiger charge is -2.27. The Balaban J connectivity index is 2.30. The summed E-state index contributed by atoms with van der Waals surface area (Å²) in [6, 6.07) is -0.0913. The van der Waals surface area contributed by atoms with Crippen molar-refractivity contribution in [3.05, 3.63) is 11.9 Å². The Hall–Kier alpha value is -1.11. The topological polar surface area (TPSA) is 74.3 Å². The van der Waals surface area contributed by atoms with Gasteiger partial charge in [0, 0.05) is 13.2 Å². The van der Waals surface area contributed by atoms with E-state index in [4.69, 9.17) is 15.3 Å². The minimum atomic E-state index is -0.0913. The molecule has 1 saturated carbocycles. The summed E-state index contributed by atoms with van der Waals surface area (Å²) >= 11 is 0. The van der Waals surface area contributed by atoms with Crippen LogP contribution in [0, 0.1) is 5.92 Å². The van der Waals surface area contributed by atoms with Gasteiger partial charge in [0.25, 0.3) is 0 Å². The van der Waals surface area contributed by atoms with E-state index in [1.54, 1.807) is 13.3 Å².